The number of aryl methyl sites for hydroxylation is 1. The minimum absolute atomic E-state index is 0.0103. The highest BCUT2D eigenvalue weighted by Gasteiger charge is 2.32. The lowest BCUT2D eigenvalue weighted by Crippen LogP contribution is -2.51. The smallest absolute Gasteiger partial charge is 0.264 e. The minimum atomic E-state index is -4.13. The van der Waals surface area contributed by atoms with Crippen molar-refractivity contribution in [1.29, 1.82) is 0 Å². The summed E-state index contributed by atoms with van der Waals surface area (Å²) in [7, 11) is -4.13. The van der Waals surface area contributed by atoms with Gasteiger partial charge in [-0.2, -0.15) is 0 Å². The number of benzene rings is 3. The van der Waals surface area contributed by atoms with Crippen LogP contribution in [-0.2, 0) is 26.2 Å². The van der Waals surface area contributed by atoms with Gasteiger partial charge in [0.1, 0.15) is 12.6 Å². The van der Waals surface area contributed by atoms with Gasteiger partial charge in [0.2, 0.25) is 11.8 Å². The van der Waals surface area contributed by atoms with Crippen LogP contribution in [0.4, 0.5) is 5.69 Å². The number of nitrogens with one attached hydrogen (secondary N) is 1. The highest BCUT2D eigenvalue weighted by atomic mass is 35.5. The number of unbranched alkanes of at least 4 members (excludes halogenated alkanes) is 1. The van der Waals surface area contributed by atoms with E-state index in [1.165, 1.54) is 29.2 Å². The van der Waals surface area contributed by atoms with Crippen LogP contribution in [0.2, 0.25) is 5.02 Å². The molecule has 0 saturated heterocycles. The van der Waals surface area contributed by atoms with Gasteiger partial charge in [-0.1, -0.05) is 67.4 Å². The van der Waals surface area contributed by atoms with Crippen molar-refractivity contribution in [2.75, 3.05) is 17.4 Å². The summed E-state index contributed by atoms with van der Waals surface area (Å²) in [5, 5.41) is 3.28. The van der Waals surface area contributed by atoms with E-state index in [4.69, 9.17) is 11.6 Å². The normalized spacial score (nSPS) is 12.0. The second kappa shape index (κ2) is 13.4. The van der Waals surface area contributed by atoms with Crippen molar-refractivity contribution < 1.29 is 18.0 Å². The van der Waals surface area contributed by atoms with E-state index in [1.54, 1.807) is 25.1 Å². The van der Waals surface area contributed by atoms with Crippen LogP contribution in [0, 0.1) is 6.92 Å². The number of amides is 2. The zero-order valence-electron chi connectivity index (χ0n) is 21.9. The molecule has 3 aromatic carbocycles. The van der Waals surface area contributed by atoms with Crippen LogP contribution in [0.25, 0.3) is 0 Å². The van der Waals surface area contributed by atoms with Crippen LogP contribution < -0.4 is 9.62 Å². The van der Waals surface area contributed by atoms with Gasteiger partial charge in [-0.3, -0.25) is 13.9 Å². The highest BCUT2D eigenvalue weighted by Crippen LogP contribution is 2.26. The molecule has 202 valence electrons. The fourth-order valence-corrected chi connectivity index (χ4v) is 5.48. The first-order valence-electron chi connectivity index (χ1n) is 12.6. The molecule has 3 rings (SSSR count). The van der Waals surface area contributed by atoms with Gasteiger partial charge in [0.25, 0.3) is 10.0 Å². The van der Waals surface area contributed by atoms with Gasteiger partial charge in [0, 0.05) is 18.1 Å². The van der Waals surface area contributed by atoms with Crippen molar-refractivity contribution in [3.05, 3.63) is 95.0 Å². The predicted molar refractivity (Wildman–Crippen MR) is 152 cm³/mol. The Labute approximate surface area is 230 Å². The molecular weight excluding hydrogens is 522 g/mol. The van der Waals surface area contributed by atoms with Crippen molar-refractivity contribution in [3.63, 3.8) is 0 Å². The Balaban J connectivity index is 1.98. The molecular formula is C29H34ClN3O4S. The first-order chi connectivity index (χ1) is 18.1. The summed E-state index contributed by atoms with van der Waals surface area (Å²) < 4.78 is 28.7. The molecule has 0 heterocycles. The Bertz CT molecular complexity index is 1330. The van der Waals surface area contributed by atoms with Crippen LogP contribution in [-0.4, -0.2) is 44.3 Å². The highest BCUT2D eigenvalue weighted by molar-refractivity contribution is 7.92. The molecule has 2 amide bonds. The lowest BCUT2D eigenvalue weighted by molar-refractivity contribution is -0.139. The maximum atomic E-state index is 13.8. The van der Waals surface area contributed by atoms with Crippen LogP contribution in [0.1, 0.15) is 37.8 Å². The van der Waals surface area contributed by atoms with Gasteiger partial charge < -0.3 is 10.2 Å². The summed E-state index contributed by atoms with van der Waals surface area (Å²) in [5.41, 5.74) is 2.03. The Kier molecular flexibility index (Phi) is 10.3. The molecule has 0 aliphatic heterocycles. The third-order valence-electron chi connectivity index (χ3n) is 6.16. The quantitative estimate of drug-likeness (QED) is 0.312. The second-order valence-electron chi connectivity index (χ2n) is 9.13. The maximum Gasteiger partial charge on any atom is 0.264 e. The maximum absolute atomic E-state index is 13.8. The van der Waals surface area contributed by atoms with Crippen LogP contribution in [0.3, 0.4) is 0 Å². The van der Waals surface area contributed by atoms with Gasteiger partial charge in [0.15, 0.2) is 0 Å². The average Bonchev–Trinajstić information content (AvgIpc) is 2.90. The molecule has 0 aromatic heterocycles. The van der Waals surface area contributed by atoms with E-state index in [-0.39, 0.29) is 17.3 Å². The molecule has 0 aliphatic rings. The number of hydrogen-bond acceptors (Lipinski definition) is 4. The topological polar surface area (TPSA) is 86.8 Å². The zero-order chi connectivity index (χ0) is 27.7. The average molecular weight is 556 g/mol. The molecule has 38 heavy (non-hydrogen) atoms. The van der Waals surface area contributed by atoms with E-state index in [0.29, 0.717) is 17.3 Å². The standard InChI is InChI=1S/C29H34ClN3O4S/c1-4-5-18-31-29(35)23(3)32(20-24-11-7-6-8-12-24)28(34)21-33(26-13-9-10-22(2)19-26)38(36,37)27-16-14-25(30)15-17-27/h6-17,19,23H,4-5,18,20-21H2,1-3H3,(H,31,35)/t23-/m0/s1. The van der Waals surface area contributed by atoms with Crippen molar-refractivity contribution >= 4 is 39.1 Å². The van der Waals surface area contributed by atoms with Gasteiger partial charge in [-0.15, -0.1) is 0 Å². The summed E-state index contributed by atoms with van der Waals surface area (Å²) in [6, 6.07) is 21.3. The number of sulfonamides is 1. The fraction of sp³-hybridized carbons (Fsp3) is 0.310. The summed E-state index contributed by atoms with van der Waals surface area (Å²) in [4.78, 5) is 28.2. The molecule has 0 spiro atoms. The number of halogens is 1. The van der Waals surface area contributed by atoms with Crippen molar-refractivity contribution in [2.45, 2.75) is 51.1 Å². The first-order valence-corrected chi connectivity index (χ1v) is 14.4. The minimum Gasteiger partial charge on any atom is -0.354 e. The third-order valence-corrected chi connectivity index (χ3v) is 8.20. The SMILES string of the molecule is CCCCNC(=O)[C@H](C)N(Cc1ccccc1)C(=O)CN(c1cccc(C)c1)S(=O)(=O)c1ccc(Cl)cc1. The predicted octanol–water partition coefficient (Wildman–Crippen LogP) is 5.18. The summed E-state index contributed by atoms with van der Waals surface area (Å²) >= 11 is 5.98. The summed E-state index contributed by atoms with van der Waals surface area (Å²) in [6.45, 7) is 5.73. The first kappa shape index (κ1) is 29.2. The molecule has 0 aliphatic carbocycles. The number of rotatable bonds is 12. The number of nitrogens with zero attached hydrogens (tertiary/aromatic N) is 2. The van der Waals surface area contributed by atoms with Gasteiger partial charge in [-0.25, -0.2) is 8.42 Å². The van der Waals surface area contributed by atoms with E-state index in [9.17, 15) is 18.0 Å². The lowest BCUT2D eigenvalue weighted by Gasteiger charge is -2.32. The van der Waals surface area contributed by atoms with Crippen molar-refractivity contribution in [2.24, 2.45) is 0 Å². The Morgan fingerprint density at radius 1 is 0.974 bits per heavy atom. The van der Waals surface area contributed by atoms with E-state index >= 15 is 0 Å². The molecule has 7 nitrogen and oxygen atoms in total. The fourth-order valence-electron chi connectivity index (χ4n) is 3.94. The van der Waals surface area contributed by atoms with E-state index in [1.807, 2.05) is 50.2 Å². The Morgan fingerprint density at radius 3 is 2.29 bits per heavy atom. The lowest BCUT2D eigenvalue weighted by atomic mass is 10.1. The second-order valence-corrected chi connectivity index (χ2v) is 11.4. The summed E-state index contributed by atoms with van der Waals surface area (Å²) in [6.07, 6.45) is 1.75. The van der Waals surface area contributed by atoms with Crippen LogP contribution >= 0.6 is 11.6 Å². The molecule has 0 fully saturated rings. The van der Waals surface area contributed by atoms with Crippen LogP contribution in [0.15, 0.2) is 83.8 Å². The number of carbonyl (C=O) groups excluding carboxylic acids is 2. The van der Waals surface area contributed by atoms with Gasteiger partial charge >= 0.3 is 0 Å². The van der Waals surface area contributed by atoms with E-state index in [2.05, 4.69) is 5.32 Å². The molecule has 1 N–H and O–H groups in total. The van der Waals surface area contributed by atoms with E-state index in [0.717, 1.165) is 28.3 Å². The number of hydrogen-bond donors (Lipinski definition) is 1. The van der Waals surface area contributed by atoms with Crippen molar-refractivity contribution in [3.8, 4) is 0 Å². The number of anilines is 1. The van der Waals surface area contributed by atoms with Crippen LogP contribution in [0.5, 0.6) is 0 Å². The Morgan fingerprint density at radius 2 is 1.66 bits per heavy atom. The molecule has 9 heteroatoms. The summed E-state index contributed by atoms with van der Waals surface area (Å²) in [5.74, 6) is -0.781. The molecule has 0 saturated carbocycles. The molecule has 0 bridgehead atoms. The molecule has 1 atom stereocenters. The van der Waals surface area contributed by atoms with E-state index < -0.39 is 28.5 Å². The van der Waals surface area contributed by atoms with Gasteiger partial charge in [0.05, 0.1) is 10.6 Å². The largest absolute Gasteiger partial charge is 0.354 e. The third kappa shape index (κ3) is 7.58. The van der Waals surface area contributed by atoms with Crippen molar-refractivity contribution in [1.82, 2.24) is 10.2 Å². The molecule has 0 radical (unpaired) electrons. The van der Waals surface area contributed by atoms with Gasteiger partial charge in [-0.05, 0) is 67.8 Å². The zero-order valence-corrected chi connectivity index (χ0v) is 23.5. The molecule has 0 unspecified atom stereocenters. The molecule has 3 aromatic rings. The number of carbonyl (C=O) groups is 2. The Hall–Kier alpha value is -3.36. The monoisotopic (exact) mass is 555 g/mol.